The number of hydrazone groups is 1. The molecule has 0 aliphatic carbocycles. The first-order valence-corrected chi connectivity index (χ1v) is 9.12. The molecular weight excluding hydrogens is 354 g/mol. The van der Waals surface area contributed by atoms with E-state index in [9.17, 15) is 0 Å². The Labute approximate surface area is 164 Å². The van der Waals surface area contributed by atoms with Crippen LogP contribution >= 0.6 is 12.2 Å². The average molecular weight is 375 g/mol. The van der Waals surface area contributed by atoms with Crippen LogP contribution in [0, 0.1) is 0 Å². The van der Waals surface area contributed by atoms with E-state index < -0.39 is 0 Å². The fourth-order valence-electron chi connectivity index (χ4n) is 2.46. The molecule has 0 aromatic heterocycles. The van der Waals surface area contributed by atoms with Gasteiger partial charge in [0, 0.05) is 12.1 Å². The predicted molar refractivity (Wildman–Crippen MR) is 115 cm³/mol. The quantitative estimate of drug-likeness (QED) is 0.359. The van der Waals surface area contributed by atoms with Gasteiger partial charge in [0.25, 0.3) is 0 Å². The molecule has 4 nitrogen and oxygen atoms in total. The van der Waals surface area contributed by atoms with Crippen molar-refractivity contribution in [2.24, 2.45) is 5.10 Å². The molecular formula is C22H21N3OS. The molecule has 0 aliphatic heterocycles. The molecule has 0 unspecified atom stereocenters. The molecule has 0 spiro atoms. The zero-order valence-corrected chi connectivity index (χ0v) is 15.7. The smallest absolute Gasteiger partial charge is 0.191 e. The first-order valence-electron chi connectivity index (χ1n) is 8.71. The number of nitrogens with zero attached hydrogens (tertiary/aromatic N) is 1. The third-order valence-corrected chi connectivity index (χ3v) is 3.97. The molecule has 0 amide bonds. The maximum Gasteiger partial charge on any atom is 0.191 e. The SMILES string of the molecule is S=C(N/N=C\c1cccc(OCCc2ccccc2)c1)Nc1ccccc1. The van der Waals surface area contributed by atoms with Gasteiger partial charge in [0.1, 0.15) is 5.75 Å². The van der Waals surface area contributed by atoms with Crippen molar-refractivity contribution in [3.8, 4) is 5.75 Å². The summed E-state index contributed by atoms with van der Waals surface area (Å²) in [5, 5.41) is 7.68. The molecule has 3 aromatic carbocycles. The number of anilines is 1. The number of thiocarbonyl (C=S) groups is 1. The summed E-state index contributed by atoms with van der Waals surface area (Å²) in [6.07, 6.45) is 2.59. The first kappa shape index (κ1) is 18.6. The van der Waals surface area contributed by atoms with E-state index in [2.05, 4.69) is 28.0 Å². The highest BCUT2D eigenvalue weighted by atomic mass is 32.1. The Hall–Kier alpha value is -3.18. The highest BCUT2D eigenvalue weighted by molar-refractivity contribution is 7.80. The molecule has 5 heteroatoms. The summed E-state index contributed by atoms with van der Waals surface area (Å²) < 4.78 is 5.84. The van der Waals surface area contributed by atoms with Gasteiger partial charge in [-0.1, -0.05) is 60.7 Å². The number of ether oxygens (including phenoxy) is 1. The van der Waals surface area contributed by atoms with Crippen molar-refractivity contribution in [3.63, 3.8) is 0 Å². The molecule has 0 heterocycles. The minimum Gasteiger partial charge on any atom is -0.493 e. The number of para-hydroxylation sites is 1. The molecule has 27 heavy (non-hydrogen) atoms. The second kappa shape index (κ2) is 10.1. The van der Waals surface area contributed by atoms with E-state index in [1.54, 1.807) is 6.21 Å². The van der Waals surface area contributed by atoms with Crippen LogP contribution in [0.15, 0.2) is 90.0 Å². The molecule has 3 rings (SSSR count). The summed E-state index contributed by atoms with van der Waals surface area (Å²) in [7, 11) is 0. The third-order valence-electron chi connectivity index (χ3n) is 3.77. The Morgan fingerprint density at radius 3 is 2.44 bits per heavy atom. The van der Waals surface area contributed by atoms with Gasteiger partial charge in [-0.25, -0.2) is 0 Å². The fourth-order valence-corrected chi connectivity index (χ4v) is 2.63. The van der Waals surface area contributed by atoms with Gasteiger partial charge < -0.3 is 10.1 Å². The maximum absolute atomic E-state index is 5.84. The zero-order chi connectivity index (χ0) is 18.7. The number of hydrogen-bond acceptors (Lipinski definition) is 3. The third kappa shape index (κ3) is 6.56. The predicted octanol–water partition coefficient (Wildman–Crippen LogP) is 4.63. The van der Waals surface area contributed by atoms with E-state index in [0.717, 1.165) is 23.4 Å². The molecule has 0 saturated carbocycles. The van der Waals surface area contributed by atoms with Crippen LogP contribution in [0.2, 0.25) is 0 Å². The Balaban J connectivity index is 1.46. The van der Waals surface area contributed by atoms with Gasteiger partial charge in [-0.15, -0.1) is 0 Å². The van der Waals surface area contributed by atoms with Gasteiger partial charge in [-0.05, 0) is 47.6 Å². The van der Waals surface area contributed by atoms with Crippen molar-refractivity contribution in [2.45, 2.75) is 6.42 Å². The van der Waals surface area contributed by atoms with Crippen LogP contribution in [0.1, 0.15) is 11.1 Å². The minimum absolute atomic E-state index is 0.438. The Kier molecular flexibility index (Phi) is 6.95. The lowest BCUT2D eigenvalue weighted by Gasteiger charge is -2.07. The average Bonchev–Trinajstić information content (AvgIpc) is 2.70. The minimum atomic E-state index is 0.438. The van der Waals surface area contributed by atoms with Gasteiger partial charge in [0.2, 0.25) is 0 Å². The molecule has 0 fully saturated rings. The van der Waals surface area contributed by atoms with E-state index in [0.29, 0.717) is 11.7 Å². The molecule has 0 bridgehead atoms. The Bertz CT molecular complexity index is 882. The van der Waals surface area contributed by atoms with E-state index >= 15 is 0 Å². The highest BCUT2D eigenvalue weighted by Gasteiger charge is 1.98. The molecule has 0 atom stereocenters. The van der Waals surface area contributed by atoms with Crippen LogP contribution in [0.4, 0.5) is 5.69 Å². The molecule has 3 aromatic rings. The van der Waals surface area contributed by atoms with Crippen LogP contribution in [0.25, 0.3) is 0 Å². The van der Waals surface area contributed by atoms with Crippen molar-refractivity contribution in [2.75, 3.05) is 11.9 Å². The van der Waals surface area contributed by atoms with Crippen molar-refractivity contribution in [1.82, 2.24) is 5.43 Å². The summed E-state index contributed by atoms with van der Waals surface area (Å²) in [6, 6.07) is 27.8. The number of nitrogens with one attached hydrogen (secondary N) is 2. The van der Waals surface area contributed by atoms with E-state index in [1.165, 1.54) is 5.56 Å². The van der Waals surface area contributed by atoms with E-state index in [4.69, 9.17) is 17.0 Å². The summed E-state index contributed by atoms with van der Waals surface area (Å²) >= 11 is 5.22. The lowest BCUT2D eigenvalue weighted by molar-refractivity contribution is 0.322. The molecule has 0 radical (unpaired) electrons. The van der Waals surface area contributed by atoms with Crippen LogP contribution < -0.4 is 15.5 Å². The molecule has 2 N–H and O–H groups in total. The standard InChI is InChI=1S/C22H21N3OS/c27-22(24-20-11-5-2-6-12-20)25-23-17-19-10-7-13-21(16-19)26-15-14-18-8-3-1-4-9-18/h1-13,16-17H,14-15H2,(H2,24,25,27)/b23-17-. The van der Waals surface area contributed by atoms with Gasteiger partial charge in [0.15, 0.2) is 5.11 Å². The topological polar surface area (TPSA) is 45.7 Å². The van der Waals surface area contributed by atoms with E-state index in [-0.39, 0.29) is 0 Å². The van der Waals surface area contributed by atoms with Crippen molar-refractivity contribution < 1.29 is 4.74 Å². The summed E-state index contributed by atoms with van der Waals surface area (Å²) in [4.78, 5) is 0. The van der Waals surface area contributed by atoms with Gasteiger partial charge in [-0.3, -0.25) is 5.43 Å². The van der Waals surface area contributed by atoms with Crippen LogP contribution in [0.5, 0.6) is 5.75 Å². The summed E-state index contributed by atoms with van der Waals surface area (Å²) in [5.74, 6) is 0.819. The second-order valence-corrected chi connectivity index (χ2v) is 6.25. The van der Waals surface area contributed by atoms with Gasteiger partial charge in [0.05, 0.1) is 12.8 Å². The summed E-state index contributed by atoms with van der Waals surface area (Å²) in [6.45, 7) is 0.633. The fraction of sp³-hybridized carbons (Fsp3) is 0.0909. The van der Waals surface area contributed by atoms with Crippen molar-refractivity contribution in [1.29, 1.82) is 0 Å². The molecule has 136 valence electrons. The van der Waals surface area contributed by atoms with Crippen molar-refractivity contribution in [3.05, 3.63) is 96.1 Å². The Morgan fingerprint density at radius 2 is 1.67 bits per heavy atom. The number of benzene rings is 3. The maximum atomic E-state index is 5.84. The lowest BCUT2D eigenvalue weighted by Crippen LogP contribution is -2.23. The first-order chi connectivity index (χ1) is 13.3. The van der Waals surface area contributed by atoms with Crippen LogP contribution in [-0.2, 0) is 6.42 Å². The second-order valence-electron chi connectivity index (χ2n) is 5.85. The number of hydrogen-bond donors (Lipinski definition) is 2. The van der Waals surface area contributed by atoms with Crippen LogP contribution in [0.3, 0.4) is 0 Å². The van der Waals surface area contributed by atoms with Crippen molar-refractivity contribution >= 4 is 29.2 Å². The Morgan fingerprint density at radius 1 is 0.926 bits per heavy atom. The summed E-state index contributed by atoms with van der Waals surface area (Å²) in [5.41, 5.74) is 5.92. The zero-order valence-electron chi connectivity index (χ0n) is 14.8. The normalized spacial score (nSPS) is 10.5. The molecule has 0 aliphatic rings. The monoisotopic (exact) mass is 375 g/mol. The number of rotatable bonds is 7. The highest BCUT2D eigenvalue weighted by Crippen LogP contribution is 2.13. The lowest BCUT2D eigenvalue weighted by atomic mass is 10.2. The van der Waals surface area contributed by atoms with E-state index in [1.807, 2.05) is 72.8 Å². The molecule has 0 saturated heterocycles. The van der Waals surface area contributed by atoms with Gasteiger partial charge >= 0.3 is 0 Å². The largest absolute Gasteiger partial charge is 0.493 e. The van der Waals surface area contributed by atoms with Crippen LogP contribution in [-0.4, -0.2) is 17.9 Å². The van der Waals surface area contributed by atoms with Gasteiger partial charge in [-0.2, -0.15) is 5.10 Å².